The zero-order valence-electron chi connectivity index (χ0n) is 10.2. The minimum absolute atomic E-state index is 0.182. The van der Waals surface area contributed by atoms with E-state index in [0.29, 0.717) is 10.7 Å². The largest absolute Gasteiger partial charge is 0.476 e. The lowest BCUT2D eigenvalue weighted by Crippen LogP contribution is -2.02. The van der Waals surface area contributed by atoms with E-state index in [2.05, 4.69) is 20.9 Å². The van der Waals surface area contributed by atoms with E-state index >= 15 is 0 Å². The van der Waals surface area contributed by atoms with Gasteiger partial charge in [-0.15, -0.1) is 0 Å². The van der Waals surface area contributed by atoms with Gasteiger partial charge in [0.05, 0.1) is 0 Å². The van der Waals surface area contributed by atoms with Crippen LogP contribution in [0.5, 0.6) is 0 Å². The van der Waals surface area contributed by atoms with Crippen LogP contribution in [0.3, 0.4) is 0 Å². The number of carboxylic acids is 1. The van der Waals surface area contributed by atoms with Gasteiger partial charge in [0, 0.05) is 15.6 Å². The maximum atomic E-state index is 11.5. The third-order valence-corrected chi connectivity index (χ3v) is 4.75. The van der Waals surface area contributed by atoms with Gasteiger partial charge in [-0.3, -0.25) is 4.40 Å². The molecule has 0 atom stereocenters. The Balaban J connectivity index is 2.14. The van der Waals surface area contributed by atoms with Crippen molar-refractivity contribution in [3.8, 4) is 0 Å². The monoisotopic (exact) mass is 348 g/mol. The first-order chi connectivity index (χ1) is 9.66. The molecule has 0 unspecified atom stereocenters. The molecule has 2 aromatic heterocycles. The van der Waals surface area contributed by atoms with Gasteiger partial charge in [0.25, 0.3) is 0 Å². The van der Waals surface area contributed by atoms with Crippen molar-refractivity contribution >= 4 is 39.3 Å². The molecule has 0 fully saturated rings. The summed E-state index contributed by atoms with van der Waals surface area (Å²) in [6.07, 6.45) is 1.70. The topological polar surface area (TPSA) is 54.6 Å². The highest BCUT2D eigenvalue weighted by Crippen LogP contribution is 2.34. The number of carbonyl (C=O) groups is 1. The van der Waals surface area contributed by atoms with E-state index in [1.54, 1.807) is 22.7 Å². The van der Waals surface area contributed by atoms with Crippen LogP contribution in [0.4, 0.5) is 0 Å². The lowest BCUT2D eigenvalue weighted by atomic mass is 10.4. The third kappa shape index (κ3) is 2.32. The second kappa shape index (κ2) is 5.30. The minimum Gasteiger partial charge on any atom is -0.476 e. The van der Waals surface area contributed by atoms with Crippen molar-refractivity contribution in [3.63, 3.8) is 0 Å². The van der Waals surface area contributed by atoms with Gasteiger partial charge >= 0.3 is 5.97 Å². The van der Waals surface area contributed by atoms with Gasteiger partial charge in [-0.2, -0.15) is 0 Å². The number of carboxylic acid groups (broad SMARTS) is 1. The standard InChI is InChI=1S/C14H9BrN2O2S/c15-9-5-1-2-6-10(9)20-13-12(14(18)19)17-8-4-3-7-11(17)16-13/h1-8H,(H,18,19). The zero-order valence-corrected chi connectivity index (χ0v) is 12.6. The highest BCUT2D eigenvalue weighted by molar-refractivity contribution is 9.10. The molecule has 0 saturated carbocycles. The Kier molecular flexibility index (Phi) is 3.50. The number of benzene rings is 1. The molecule has 0 aliphatic heterocycles. The number of aromatic nitrogens is 2. The van der Waals surface area contributed by atoms with Crippen molar-refractivity contribution in [1.29, 1.82) is 0 Å². The van der Waals surface area contributed by atoms with E-state index in [-0.39, 0.29) is 5.69 Å². The fourth-order valence-corrected chi connectivity index (χ4v) is 3.34. The Labute approximate surface area is 127 Å². The zero-order chi connectivity index (χ0) is 14.1. The van der Waals surface area contributed by atoms with Crippen LogP contribution in [0, 0.1) is 0 Å². The van der Waals surface area contributed by atoms with Crippen LogP contribution < -0.4 is 0 Å². The molecule has 1 N–H and O–H groups in total. The van der Waals surface area contributed by atoms with Gasteiger partial charge in [0.1, 0.15) is 10.7 Å². The fraction of sp³-hybridized carbons (Fsp3) is 0. The molecule has 100 valence electrons. The molecule has 3 rings (SSSR count). The van der Waals surface area contributed by atoms with Crippen LogP contribution >= 0.6 is 27.7 Å². The molecule has 6 heteroatoms. The van der Waals surface area contributed by atoms with Gasteiger partial charge in [0.15, 0.2) is 5.69 Å². The number of hydrogen-bond donors (Lipinski definition) is 1. The number of halogens is 1. The summed E-state index contributed by atoms with van der Waals surface area (Å²) in [5.41, 5.74) is 0.806. The molecule has 0 aliphatic carbocycles. The van der Waals surface area contributed by atoms with Crippen LogP contribution in [-0.4, -0.2) is 20.5 Å². The van der Waals surface area contributed by atoms with E-state index in [0.717, 1.165) is 9.37 Å². The van der Waals surface area contributed by atoms with E-state index in [9.17, 15) is 9.90 Å². The summed E-state index contributed by atoms with van der Waals surface area (Å²) in [5.74, 6) is -0.988. The first kappa shape index (κ1) is 13.2. The molecule has 2 heterocycles. The molecule has 1 aromatic carbocycles. The Hall–Kier alpha value is -1.79. The van der Waals surface area contributed by atoms with Crippen LogP contribution in [0.15, 0.2) is 63.1 Å². The molecule has 0 aliphatic rings. The summed E-state index contributed by atoms with van der Waals surface area (Å²) in [5, 5.41) is 9.90. The number of imidazole rings is 1. The summed E-state index contributed by atoms with van der Waals surface area (Å²) in [7, 11) is 0. The lowest BCUT2D eigenvalue weighted by molar-refractivity contribution is 0.0685. The van der Waals surface area contributed by atoms with Gasteiger partial charge in [-0.05, 0) is 40.2 Å². The number of aromatic carboxylic acids is 1. The van der Waals surface area contributed by atoms with Crippen LogP contribution in [0.25, 0.3) is 5.65 Å². The number of pyridine rings is 1. The van der Waals surface area contributed by atoms with Crippen molar-refractivity contribution in [3.05, 3.63) is 58.8 Å². The Morgan fingerprint density at radius 2 is 1.95 bits per heavy atom. The summed E-state index contributed by atoms with van der Waals surface area (Å²) in [6, 6.07) is 13.1. The minimum atomic E-state index is -0.988. The number of rotatable bonds is 3. The SMILES string of the molecule is O=C(O)c1c(Sc2ccccc2Br)nc2ccccn12. The molecular formula is C14H9BrN2O2S. The van der Waals surface area contributed by atoms with Crippen LogP contribution in [-0.2, 0) is 0 Å². The normalized spacial score (nSPS) is 10.8. The average Bonchev–Trinajstić information content (AvgIpc) is 2.79. The number of nitrogens with zero attached hydrogens (tertiary/aromatic N) is 2. The van der Waals surface area contributed by atoms with Crippen molar-refractivity contribution < 1.29 is 9.90 Å². The van der Waals surface area contributed by atoms with E-state index in [1.165, 1.54) is 11.8 Å². The van der Waals surface area contributed by atoms with Crippen LogP contribution in [0.1, 0.15) is 10.5 Å². The quantitative estimate of drug-likeness (QED) is 0.778. The van der Waals surface area contributed by atoms with Gasteiger partial charge in [-0.1, -0.05) is 30.0 Å². The molecule has 0 radical (unpaired) electrons. The Morgan fingerprint density at radius 3 is 2.70 bits per heavy atom. The first-order valence-corrected chi connectivity index (χ1v) is 7.40. The Morgan fingerprint density at radius 1 is 1.20 bits per heavy atom. The molecule has 20 heavy (non-hydrogen) atoms. The molecule has 0 saturated heterocycles. The predicted octanol–water partition coefficient (Wildman–Crippen LogP) is 3.95. The Bertz CT molecular complexity index is 801. The third-order valence-electron chi connectivity index (χ3n) is 2.74. The molecule has 3 aromatic rings. The van der Waals surface area contributed by atoms with Crippen molar-refractivity contribution in [1.82, 2.24) is 9.38 Å². The first-order valence-electron chi connectivity index (χ1n) is 5.79. The summed E-state index contributed by atoms with van der Waals surface area (Å²) < 4.78 is 2.50. The summed E-state index contributed by atoms with van der Waals surface area (Å²) in [6.45, 7) is 0. The molecular weight excluding hydrogens is 340 g/mol. The van der Waals surface area contributed by atoms with E-state index < -0.39 is 5.97 Å². The maximum Gasteiger partial charge on any atom is 0.355 e. The average molecular weight is 349 g/mol. The van der Waals surface area contributed by atoms with Gasteiger partial charge < -0.3 is 5.11 Å². The molecule has 0 amide bonds. The second-order valence-electron chi connectivity index (χ2n) is 4.03. The van der Waals surface area contributed by atoms with Crippen LogP contribution in [0.2, 0.25) is 0 Å². The second-order valence-corrected chi connectivity index (χ2v) is 5.92. The highest BCUT2D eigenvalue weighted by Gasteiger charge is 2.19. The van der Waals surface area contributed by atoms with Gasteiger partial charge in [-0.25, -0.2) is 9.78 Å². The number of fused-ring (bicyclic) bond motifs is 1. The molecule has 0 bridgehead atoms. The van der Waals surface area contributed by atoms with Crippen molar-refractivity contribution in [2.24, 2.45) is 0 Å². The smallest absolute Gasteiger partial charge is 0.355 e. The fourth-order valence-electron chi connectivity index (χ4n) is 1.87. The molecule has 0 spiro atoms. The van der Waals surface area contributed by atoms with E-state index in [4.69, 9.17) is 0 Å². The highest BCUT2D eigenvalue weighted by atomic mass is 79.9. The maximum absolute atomic E-state index is 11.5. The lowest BCUT2D eigenvalue weighted by Gasteiger charge is -2.02. The molecule has 4 nitrogen and oxygen atoms in total. The number of hydrogen-bond acceptors (Lipinski definition) is 3. The van der Waals surface area contributed by atoms with Gasteiger partial charge in [0.2, 0.25) is 0 Å². The summed E-state index contributed by atoms with van der Waals surface area (Å²) >= 11 is 4.79. The summed E-state index contributed by atoms with van der Waals surface area (Å²) in [4.78, 5) is 16.8. The predicted molar refractivity (Wildman–Crippen MR) is 80.4 cm³/mol. The van der Waals surface area contributed by atoms with E-state index in [1.807, 2.05) is 30.3 Å². The van der Waals surface area contributed by atoms with Crippen molar-refractivity contribution in [2.75, 3.05) is 0 Å². The van der Waals surface area contributed by atoms with Crippen molar-refractivity contribution in [2.45, 2.75) is 9.92 Å².